The van der Waals surface area contributed by atoms with Gasteiger partial charge < -0.3 is 10.6 Å². The van der Waals surface area contributed by atoms with Gasteiger partial charge in [-0.05, 0) is 43.2 Å². The quantitative estimate of drug-likeness (QED) is 0.813. The third-order valence-electron chi connectivity index (χ3n) is 3.74. The van der Waals surface area contributed by atoms with Crippen LogP contribution in [0.2, 0.25) is 0 Å². The van der Waals surface area contributed by atoms with E-state index in [9.17, 15) is 4.79 Å². The molecule has 3 nitrogen and oxygen atoms in total. The van der Waals surface area contributed by atoms with Gasteiger partial charge in [0.25, 0.3) is 5.91 Å². The lowest BCUT2D eigenvalue weighted by Crippen LogP contribution is -2.29. The van der Waals surface area contributed by atoms with Gasteiger partial charge in [-0.3, -0.25) is 4.79 Å². The Bertz CT molecular complexity index is 697. The predicted molar refractivity (Wildman–Crippen MR) is 85.1 cm³/mol. The zero-order chi connectivity index (χ0) is 14.3. The van der Waals surface area contributed by atoms with Gasteiger partial charge in [0.2, 0.25) is 0 Å². The molecule has 1 amide bonds. The van der Waals surface area contributed by atoms with Crippen LogP contribution < -0.4 is 10.6 Å². The van der Waals surface area contributed by atoms with Gasteiger partial charge in [-0.1, -0.05) is 28.1 Å². The van der Waals surface area contributed by atoms with Crippen molar-refractivity contribution in [2.24, 2.45) is 0 Å². The molecule has 3 rings (SSSR count). The number of fused-ring (bicyclic) bond motifs is 1. The Kier molecular flexibility index (Phi) is 3.26. The highest BCUT2D eigenvalue weighted by atomic mass is 79.9. The Hall–Kier alpha value is -1.81. The summed E-state index contributed by atoms with van der Waals surface area (Å²) in [6.07, 6.45) is 0.820. The average Bonchev–Trinajstić information content (AvgIpc) is 2.86. The second-order valence-electron chi connectivity index (χ2n) is 5.01. The molecule has 0 aromatic heterocycles. The van der Waals surface area contributed by atoms with Crippen molar-refractivity contribution in [3.8, 4) is 0 Å². The predicted octanol–water partition coefficient (Wildman–Crippen LogP) is 3.54. The number of anilines is 2. The average molecular weight is 331 g/mol. The first-order valence-corrected chi connectivity index (χ1v) is 7.32. The lowest BCUT2D eigenvalue weighted by molar-refractivity contribution is 0.0989. The highest BCUT2D eigenvalue weighted by Crippen LogP contribution is 2.33. The number of benzene rings is 2. The molecule has 102 valence electrons. The van der Waals surface area contributed by atoms with Crippen molar-refractivity contribution in [1.82, 2.24) is 0 Å². The van der Waals surface area contributed by atoms with E-state index in [0.29, 0.717) is 6.54 Å². The number of halogens is 1. The molecule has 0 radical (unpaired) electrons. The summed E-state index contributed by atoms with van der Waals surface area (Å²) in [5.74, 6) is 0.0353. The molecule has 1 heterocycles. The Balaban J connectivity index is 2.02. The van der Waals surface area contributed by atoms with Gasteiger partial charge in [-0.2, -0.15) is 0 Å². The van der Waals surface area contributed by atoms with Crippen molar-refractivity contribution in [2.75, 3.05) is 17.2 Å². The number of hydrogen-bond donors (Lipinski definition) is 1. The molecule has 0 spiro atoms. The number of hydrogen-bond acceptors (Lipinski definition) is 2. The zero-order valence-electron chi connectivity index (χ0n) is 11.2. The van der Waals surface area contributed by atoms with Crippen molar-refractivity contribution in [1.29, 1.82) is 0 Å². The number of carbonyl (C=O) groups is 1. The molecule has 0 atom stereocenters. The fourth-order valence-corrected chi connectivity index (χ4v) is 3.00. The van der Waals surface area contributed by atoms with Crippen molar-refractivity contribution >= 4 is 33.2 Å². The second-order valence-corrected chi connectivity index (χ2v) is 5.93. The number of nitrogen functional groups attached to an aromatic ring is 1. The fraction of sp³-hybridized carbons (Fsp3) is 0.188. The minimum absolute atomic E-state index is 0.0353. The molecule has 0 saturated heterocycles. The SMILES string of the molecule is Cc1ccc(Br)cc1C(=O)N1CCc2c(N)cccc21. The number of aryl methyl sites for hydroxylation is 1. The minimum atomic E-state index is 0.0353. The number of nitrogens with two attached hydrogens (primary N) is 1. The normalized spacial score (nSPS) is 13.4. The van der Waals surface area contributed by atoms with Gasteiger partial charge in [-0.25, -0.2) is 0 Å². The molecule has 0 unspecified atom stereocenters. The maximum absolute atomic E-state index is 12.8. The van der Waals surface area contributed by atoms with E-state index in [1.807, 2.05) is 48.2 Å². The molecule has 2 aromatic rings. The van der Waals surface area contributed by atoms with E-state index in [1.165, 1.54) is 0 Å². The highest BCUT2D eigenvalue weighted by Gasteiger charge is 2.27. The summed E-state index contributed by atoms with van der Waals surface area (Å²) >= 11 is 3.43. The summed E-state index contributed by atoms with van der Waals surface area (Å²) in [4.78, 5) is 14.6. The lowest BCUT2D eigenvalue weighted by atomic mass is 10.1. The van der Waals surface area contributed by atoms with Crippen LogP contribution in [0.5, 0.6) is 0 Å². The number of nitrogens with zero attached hydrogens (tertiary/aromatic N) is 1. The Morgan fingerprint density at radius 3 is 2.90 bits per heavy atom. The Morgan fingerprint density at radius 1 is 1.30 bits per heavy atom. The number of amides is 1. The molecular formula is C16H15BrN2O. The maximum Gasteiger partial charge on any atom is 0.258 e. The summed E-state index contributed by atoms with van der Waals surface area (Å²) in [6, 6.07) is 11.5. The molecule has 0 aliphatic carbocycles. The summed E-state index contributed by atoms with van der Waals surface area (Å²) in [6.45, 7) is 2.64. The molecule has 2 N–H and O–H groups in total. The minimum Gasteiger partial charge on any atom is -0.398 e. The van der Waals surface area contributed by atoms with E-state index in [1.54, 1.807) is 0 Å². The summed E-state index contributed by atoms with van der Waals surface area (Å²) in [7, 11) is 0. The molecule has 1 aliphatic rings. The van der Waals surface area contributed by atoms with Gasteiger partial charge in [0.1, 0.15) is 0 Å². The first-order valence-electron chi connectivity index (χ1n) is 6.53. The smallest absolute Gasteiger partial charge is 0.258 e. The fourth-order valence-electron chi connectivity index (χ4n) is 2.64. The van der Waals surface area contributed by atoms with Gasteiger partial charge >= 0.3 is 0 Å². The van der Waals surface area contributed by atoms with Crippen LogP contribution in [0.1, 0.15) is 21.5 Å². The van der Waals surface area contributed by atoms with E-state index >= 15 is 0 Å². The van der Waals surface area contributed by atoms with Crippen LogP contribution in [0.3, 0.4) is 0 Å². The van der Waals surface area contributed by atoms with E-state index in [2.05, 4.69) is 15.9 Å². The van der Waals surface area contributed by atoms with Crippen molar-refractivity contribution in [2.45, 2.75) is 13.3 Å². The molecule has 0 fully saturated rings. The molecule has 0 bridgehead atoms. The largest absolute Gasteiger partial charge is 0.398 e. The van der Waals surface area contributed by atoms with Crippen molar-refractivity contribution < 1.29 is 4.79 Å². The van der Waals surface area contributed by atoms with E-state index in [4.69, 9.17) is 5.73 Å². The van der Waals surface area contributed by atoms with Crippen molar-refractivity contribution in [3.05, 3.63) is 57.6 Å². The summed E-state index contributed by atoms with van der Waals surface area (Å²) < 4.78 is 0.915. The summed E-state index contributed by atoms with van der Waals surface area (Å²) in [5.41, 5.74) is 10.5. The third-order valence-corrected chi connectivity index (χ3v) is 4.23. The Labute approximate surface area is 126 Å². The number of rotatable bonds is 1. The van der Waals surface area contributed by atoms with Crippen LogP contribution in [0.4, 0.5) is 11.4 Å². The van der Waals surface area contributed by atoms with Crippen LogP contribution in [-0.4, -0.2) is 12.5 Å². The van der Waals surface area contributed by atoms with Crippen LogP contribution in [0.15, 0.2) is 40.9 Å². The van der Waals surface area contributed by atoms with E-state index < -0.39 is 0 Å². The summed E-state index contributed by atoms with van der Waals surface area (Å²) in [5, 5.41) is 0. The highest BCUT2D eigenvalue weighted by molar-refractivity contribution is 9.10. The zero-order valence-corrected chi connectivity index (χ0v) is 12.8. The first-order chi connectivity index (χ1) is 9.58. The van der Waals surface area contributed by atoms with Crippen LogP contribution in [0, 0.1) is 6.92 Å². The van der Waals surface area contributed by atoms with Gasteiger partial charge in [0, 0.05) is 33.5 Å². The van der Waals surface area contributed by atoms with Gasteiger partial charge in [-0.15, -0.1) is 0 Å². The van der Waals surface area contributed by atoms with Crippen molar-refractivity contribution in [3.63, 3.8) is 0 Å². The van der Waals surface area contributed by atoms with E-state index in [0.717, 1.165) is 39.0 Å². The Morgan fingerprint density at radius 2 is 2.10 bits per heavy atom. The molecule has 20 heavy (non-hydrogen) atoms. The maximum atomic E-state index is 12.8. The molecule has 4 heteroatoms. The molecule has 1 aliphatic heterocycles. The molecule has 2 aromatic carbocycles. The van der Waals surface area contributed by atoms with Gasteiger partial charge in [0.15, 0.2) is 0 Å². The first kappa shape index (κ1) is 13.2. The van der Waals surface area contributed by atoms with Crippen LogP contribution in [0.25, 0.3) is 0 Å². The molecule has 0 saturated carbocycles. The number of carbonyl (C=O) groups excluding carboxylic acids is 1. The lowest BCUT2D eigenvalue weighted by Gasteiger charge is -2.19. The second kappa shape index (κ2) is 4.94. The van der Waals surface area contributed by atoms with Crippen LogP contribution >= 0.6 is 15.9 Å². The standard InChI is InChI=1S/C16H15BrN2O/c1-10-5-6-11(17)9-13(10)16(20)19-8-7-12-14(18)3-2-4-15(12)19/h2-6,9H,7-8,18H2,1H3. The van der Waals surface area contributed by atoms with Crippen LogP contribution in [-0.2, 0) is 6.42 Å². The monoisotopic (exact) mass is 330 g/mol. The van der Waals surface area contributed by atoms with E-state index in [-0.39, 0.29) is 5.91 Å². The van der Waals surface area contributed by atoms with Gasteiger partial charge in [0.05, 0.1) is 0 Å². The third kappa shape index (κ3) is 2.10. The molecular weight excluding hydrogens is 316 g/mol. The topological polar surface area (TPSA) is 46.3 Å².